The summed E-state index contributed by atoms with van der Waals surface area (Å²) in [4.78, 5) is 74.7. The van der Waals surface area contributed by atoms with Gasteiger partial charge in [-0.1, -0.05) is 91.9 Å². The first-order valence-electron chi connectivity index (χ1n) is 32.5. The van der Waals surface area contributed by atoms with Crippen molar-refractivity contribution in [1.29, 1.82) is 0 Å². The van der Waals surface area contributed by atoms with Crippen LogP contribution in [0.4, 0.5) is 17.5 Å². The van der Waals surface area contributed by atoms with Gasteiger partial charge in [0.15, 0.2) is 0 Å². The highest BCUT2D eigenvalue weighted by Crippen LogP contribution is 2.53. The first-order chi connectivity index (χ1) is 47.0. The Kier molecular flexibility index (Phi) is 21.5. The Balaban J connectivity index is 0.000000134. The number of pyridine rings is 6. The lowest BCUT2D eigenvalue weighted by Crippen LogP contribution is -2.29. The van der Waals surface area contributed by atoms with Crippen molar-refractivity contribution in [2.24, 2.45) is 0 Å². The first-order valence-corrected chi connectivity index (χ1v) is 39.5. The van der Waals surface area contributed by atoms with E-state index in [4.69, 9.17) is 50.3 Å². The predicted octanol–water partition coefficient (Wildman–Crippen LogP) is 12.1. The Hall–Kier alpha value is -9.01. The zero-order valence-corrected chi connectivity index (χ0v) is 59.9. The van der Waals surface area contributed by atoms with E-state index in [1.54, 1.807) is 43.8 Å². The number of benzene rings is 3. The van der Waals surface area contributed by atoms with E-state index in [0.717, 1.165) is 138 Å². The number of anilines is 3. The summed E-state index contributed by atoms with van der Waals surface area (Å²) in [6, 6.07) is 39.7. The van der Waals surface area contributed by atoms with E-state index < -0.39 is 28.9 Å². The van der Waals surface area contributed by atoms with Crippen molar-refractivity contribution in [3.05, 3.63) is 212 Å². The van der Waals surface area contributed by atoms with E-state index in [2.05, 4.69) is 119 Å². The normalized spacial score (nSPS) is 15.3. The summed E-state index contributed by atoms with van der Waals surface area (Å²) in [5.74, 6) is 5.18. The van der Waals surface area contributed by atoms with Crippen LogP contribution in [0.15, 0.2) is 151 Å². The number of hydrogen-bond acceptors (Lipinski definition) is 16. The molecule has 98 heavy (non-hydrogen) atoms. The molecule has 6 N–H and O–H groups in total. The lowest BCUT2D eigenvalue weighted by Gasteiger charge is -2.17. The number of aromatic nitrogens is 6. The summed E-state index contributed by atoms with van der Waals surface area (Å²) < 4.78 is 26.9. The lowest BCUT2D eigenvalue weighted by molar-refractivity contribution is -0.119. The summed E-state index contributed by atoms with van der Waals surface area (Å²) in [7, 11) is 1.62. The average Bonchev–Trinajstić information content (AvgIpc) is 1.60. The van der Waals surface area contributed by atoms with Gasteiger partial charge in [-0.25, -0.2) is 24.9 Å². The topological polar surface area (TPSA) is 271 Å². The minimum Gasteiger partial charge on any atom is -0.493 e. The molecule has 0 spiro atoms. The van der Waals surface area contributed by atoms with Crippen molar-refractivity contribution in [3.8, 4) is 51.5 Å². The van der Waals surface area contributed by atoms with Gasteiger partial charge in [0.1, 0.15) is 45.4 Å². The Labute approximate surface area is 588 Å². The minimum absolute atomic E-state index is 0.0180. The number of halogens is 2. The van der Waals surface area contributed by atoms with E-state index in [-0.39, 0.29) is 23.3 Å². The number of aryl methyl sites for hydroxylation is 3. The lowest BCUT2D eigenvalue weighted by atomic mass is 9.82. The molecule has 24 heteroatoms. The first kappa shape index (κ1) is 70.3. The number of amides is 3. The van der Waals surface area contributed by atoms with Gasteiger partial charge >= 0.3 is 7.12 Å². The van der Waals surface area contributed by atoms with E-state index in [0.29, 0.717) is 53.0 Å². The SMILES string of the molecule is COc1ccc(-c2nc(NC(=O)C3(c4ccc5c(c4)OCC5)CC3)ccc2C)cn1.COc1ccc(B(O)O)cn1.C[Si](C)(C)I.Cc1ccc(NC(=O)C2(c3ccc4c(c3)OCC4)CC2)nc1-c1ccc(=O)[nH]c1.Cc1ccc(NC(=O)C2(c3ccc4c(c3)OCC4)CC2)nc1Cl. The predicted molar refractivity (Wildman–Crippen MR) is 391 cm³/mol. The van der Waals surface area contributed by atoms with Crippen molar-refractivity contribution in [1.82, 2.24) is 29.9 Å². The summed E-state index contributed by atoms with van der Waals surface area (Å²) in [5.41, 5.74) is 10.8. The molecule has 0 radical (unpaired) electrons. The number of aromatic amines is 1. The number of carbonyl (C=O) groups excluding carboxylic acids is 3. The van der Waals surface area contributed by atoms with Crippen molar-refractivity contribution < 1.29 is 48.1 Å². The molecule has 20 nitrogen and oxygen atoms in total. The number of nitrogens with one attached hydrogen (secondary N) is 4. The number of H-pyrrole nitrogens is 1. The van der Waals surface area contributed by atoms with Crippen LogP contribution in [0.2, 0.25) is 24.8 Å². The molecular weight excluding hydrogens is 1390 g/mol. The van der Waals surface area contributed by atoms with Gasteiger partial charge in [-0.2, -0.15) is 0 Å². The standard InChI is InChI=1S/C24H23N3O3.C23H21N3O3.C18H17ClN2O2.C6H8BNO3.C3H9ISi/c1-15-3-7-20(26-22(15)17-5-8-21(29-2)25-14-17)27-23(28)24(10-11-24)18-6-4-16-9-12-30-19(16)13-18;1-14-2-6-19(25-21(14)16-4-7-20(27)24-13-16)26-22(28)23(9-10-23)17-5-3-15-8-11-29-18(15)12-17;1-11-2-5-15(20-16(11)19)21-17(22)18(7-8-18)13-4-3-12-6-9-23-14(12)10-13;1-11-6-3-2-5(4-8-6)7(9)10;1-5(2,3)4/h3-8,13-14H,9-12H2,1-2H3,(H,26,27,28);2-7,12-13H,8-11H2,1H3,(H,24,27)(H,25,26,28);2-5,10H,6-9H2,1H3,(H,20,21,22);2-4,9-10H,1H3;1-3H3. The maximum Gasteiger partial charge on any atom is 0.490 e. The fourth-order valence-corrected chi connectivity index (χ4v) is 11.8. The Morgan fingerprint density at radius 2 is 0.929 bits per heavy atom. The molecule has 0 atom stereocenters. The van der Waals surface area contributed by atoms with Crippen LogP contribution in [0, 0.1) is 20.8 Å². The quantitative estimate of drug-likeness (QED) is 0.0256. The average molecular weight is 1470 g/mol. The summed E-state index contributed by atoms with van der Waals surface area (Å²) in [6.07, 6.45) is 12.5. The fourth-order valence-electron chi connectivity index (χ4n) is 11.6. The fraction of sp³-hybridized carbons (Fsp3) is 0.311. The van der Waals surface area contributed by atoms with Gasteiger partial charge in [0, 0.05) is 66.6 Å². The van der Waals surface area contributed by atoms with E-state index >= 15 is 0 Å². The summed E-state index contributed by atoms with van der Waals surface area (Å²) >= 11 is 8.55. The molecule has 9 aromatic rings. The Morgan fingerprint density at radius 3 is 1.28 bits per heavy atom. The molecule has 3 fully saturated rings. The van der Waals surface area contributed by atoms with Crippen molar-refractivity contribution in [2.75, 3.05) is 50.0 Å². The molecule has 506 valence electrons. The molecule has 6 aliphatic rings. The van der Waals surface area contributed by atoms with Crippen molar-refractivity contribution in [3.63, 3.8) is 0 Å². The number of ether oxygens (including phenoxy) is 5. The highest BCUT2D eigenvalue weighted by atomic mass is 127. The third-order valence-electron chi connectivity index (χ3n) is 17.8. The highest BCUT2D eigenvalue weighted by Gasteiger charge is 2.54. The smallest absolute Gasteiger partial charge is 0.490 e. The zero-order chi connectivity index (χ0) is 69.5. The number of methoxy groups -OCH3 is 2. The largest absolute Gasteiger partial charge is 0.493 e. The van der Waals surface area contributed by atoms with Gasteiger partial charge in [0.2, 0.25) is 35.0 Å². The van der Waals surface area contributed by atoms with Crippen LogP contribution in [-0.4, -0.2) is 104 Å². The second kappa shape index (κ2) is 30.0. The van der Waals surface area contributed by atoms with Crippen LogP contribution in [0.3, 0.4) is 0 Å². The summed E-state index contributed by atoms with van der Waals surface area (Å²) in [6.45, 7) is 14.9. The molecule has 9 heterocycles. The van der Waals surface area contributed by atoms with Gasteiger partial charge in [-0.15, -0.1) is 21.8 Å². The molecule has 3 amide bonds. The molecule has 3 aromatic carbocycles. The number of fused-ring (bicyclic) bond motifs is 3. The highest BCUT2D eigenvalue weighted by molar-refractivity contribution is 14.1. The van der Waals surface area contributed by atoms with Crippen LogP contribution in [-0.2, 0) is 49.9 Å². The van der Waals surface area contributed by atoms with Crippen LogP contribution in [0.5, 0.6) is 29.0 Å². The number of hydrogen-bond donors (Lipinski definition) is 6. The minimum atomic E-state index is -1.46. The molecule has 3 aliphatic carbocycles. The molecule has 6 aromatic heterocycles. The van der Waals surface area contributed by atoms with E-state index in [1.807, 2.05) is 75.4 Å². The van der Waals surface area contributed by atoms with Gasteiger partial charge in [0.05, 0.1) is 61.7 Å². The maximum atomic E-state index is 13.2. The van der Waals surface area contributed by atoms with E-state index in [1.165, 1.54) is 42.1 Å². The van der Waals surface area contributed by atoms with Crippen LogP contribution >= 0.6 is 33.4 Å². The van der Waals surface area contributed by atoms with Gasteiger partial charge in [-0.3, -0.25) is 19.2 Å². The third-order valence-corrected chi connectivity index (χ3v) is 18.2. The van der Waals surface area contributed by atoms with Gasteiger partial charge in [-0.05, 0) is 164 Å². The number of carbonyl (C=O) groups is 3. The van der Waals surface area contributed by atoms with E-state index in [9.17, 15) is 19.2 Å². The van der Waals surface area contributed by atoms with Crippen LogP contribution in [0.25, 0.3) is 22.5 Å². The zero-order valence-electron chi connectivity index (χ0n) is 56.0. The van der Waals surface area contributed by atoms with Crippen LogP contribution < -0.4 is 50.7 Å². The Bertz CT molecular complexity index is 4460. The molecule has 3 aliphatic heterocycles. The van der Waals surface area contributed by atoms with Crippen molar-refractivity contribution in [2.45, 2.75) is 114 Å². The second-order valence-electron chi connectivity index (χ2n) is 26.0. The number of rotatable bonds is 14. The number of nitrogens with zero attached hydrogens (tertiary/aromatic N) is 5. The maximum absolute atomic E-state index is 13.2. The molecular formula is C74H78BClIN9O11Si. The second-order valence-corrected chi connectivity index (χ2v) is 40.2. The third kappa shape index (κ3) is 16.7. The molecule has 3 saturated carbocycles. The summed E-state index contributed by atoms with van der Waals surface area (Å²) in [5, 5.41) is 26.7. The molecule has 0 unspecified atom stereocenters. The van der Waals surface area contributed by atoms with Gasteiger partial charge < -0.3 is 54.7 Å². The molecule has 15 rings (SSSR count). The Morgan fingerprint density at radius 1 is 0.541 bits per heavy atom. The van der Waals surface area contributed by atoms with Crippen LogP contribution in [0.1, 0.15) is 88.6 Å². The molecule has 0 bridgehead atoms. The van der Waals surface area contributed by atoms with Gasteiger partial charge in [0.25, 0.3) is 0 Å². The molecule has 0 saturated heterocycles. The van der Waals surface area contributed by atoms with Crippen molar-refractivity contribution >= 4 is 86.7 Å². The monoisotopic (exact) mass is 1470 g/mol.